The normalized spacial score (nSPS) is 10.7. The van der Waals surface area contributed by atoms with Gasteiger partial charge in [-0.05, 0) is 42.8 Å². The van der Waals surface area contributed by atoms with Gasteiger partial charge in [0.2, 0.25) is 5.91 Å². The lowest BCUT2D eigenvalue weighted by Crippen LogP contribution is -2.24. The Labute approximate surface area is 191 Å². The van der Waals surface area contributed by atoms with Gasteiger partial charge in [0, 0.05) is 17.2 Å². The first kappa shape index (κ1) is 22.3. The molecule has 2 amide bonds. The molecule has 10 heteroatoms. The molecule has 2 N–H and O–H groups in total. The zero-order valence-electron chi connectivity index (χ0n) is 16.3. The summed E-state index contributed by atoms with van der Waals surface area (Å²) in [6, 6.07) is 12.5. The van der Waals surface area contributed by atoms with Crippen LogP contribution in [0.5, 0.6) is 0 Å². The van der Waals surface area contributed by atoms with Gasteiger partial charge in [0.25, 0.3) is 5.91 Å². The van der Waals surface area contributed by atoms with Gasteiger partial charge in [-0.25, -0.2) is 0 Å². The summed E-state index contributed by atoms with van der Waals surface area (Å²) in [5.41, 5.74) is 2.14. The number of thioether (sulfide) groups is 1. The summed E-state index contributed by atoms with van der Waals surface area (Å²) in [6.07, 6.45) is 0. The lowest BCUT2D eigenvalue weighted by molar-refractivity contribution is -0.113. The van der Waals surface area contributed by atoms with Crippen molar-refractivity contribution in [3.05, 3.63) is 68.9 Å². The number of hydrogen-bond acceptors (Lipinski definition) is 5. The Morgan fingerprint density at radius 3 is 2.70 bits per heavy atom. The molecular weight excluding hydrogens is 490 g/mol. The van der Waals surface area contributed by atoms with Crippen molar-refractivity contribution in [1.29, 1.82) is 0 Å². The molecule has 156 valence electrons. The molecule has 0 spiro atoms. The summed E-state index contributed by atoms with van der Waals surface area (Å²) in [4.78, 5) is 24.6. The molecule has 0 saturated carbocycles. The third-order valence-electron chi connectivity index (χ3n) is 4.25. The average Bonchev–Trinajstić information content (AvgIpc) is 3.06. The Bertz CT molecular complexity index is 1090. The summed E-state index contributed by atoms with van der Waals surface area (Å²) >= 11 is 10.7. The maximum absolute atomic E-state index is 12.3. The molecule has 0 saturated heterocycles. The largest absolute Gasteiger partial charge is 0.345 e. The Morgan fingerprint density at radius 1 is 1.20 bits per heavy atom. The van der Waals surface area contributed by atoms with Crippen molar-refractivity contribution in [2.24, 2.45) is 7.05 Å². The van der Waals surface area contributed by atoms with Gasteiger partial charge in [0.1, 0.15) is 0 Å². The van der Waals surface area contributed by atoms with E-state index < -0.39 is 0 Å². The van der Waals surface area contributed by atoms with E-state index in [-0.39, 0.29) is 24.1 Å². The fraction of sp³-hybridized carbons (Fsp3) is 0.200. The predicted octanol–water partition coefficient (Wildman–Crippen LogP) is 4.20. The molecule has 0 aliphatic carbocycles. The number of carbonyl (C=O) groups is 2. The van der Waals surface area contributed by atoms with Crippen LogP contribution in [0.15, 0.2) is 52.1 Å². The Hall–Kier alpha value is -2.36. The first-order chi connectivity index (χ1) is 14.3. The van der Waals surface area contributed by atoms with Crippen molar-refractivity contribution in [1.82, 2.24) is 20.1 Å². The van der Waals surface area contributed by atoms with Gasteiger partial charge in [0.05, 0.1) is 22.9 Å². The highest BCUT2D eigenvalue weighted by atomic mass is 79.9. The molecule has 0 aliphatic heterocycles. The minimum atomic E-state index is -0.290. The zero-order valence-corrected chi connectivity index (χ0v) is 19.4. The molecule has 0 atom stereocenters. The van der Waals surface area contributed by atoms with Crippen LogP contribution in [0.4, 0.5) is 5.69 Å². The van der Waals surface area contributed by atoms with Gasteiger partial charge in [-0.15, -0.1) is 10.2 Å². The number of nitrogens with zero attached hydrogens (tertiary/aromatic N) is 3. The van der Waals surface area contributed by atoms with E-state index >= 15 is 0 Å². The van der Waals surface area contributed by atoms with E-state index in [1.165, 1.54) is 11.8 Å². The maximum atomic E-state index is 12.3. The van der Waals surface area contributed by atoms with Crippen molar-refractivity contribution in [2.45, 2.75) is 18.6 Å². The van der Waals surface area contributed by atoms with Gasteiger partial charge in [-0.2, -0.15) is 0 Å². The molecule has 1 heterocycles. The molecule has 30 heavy (non-hydrogen) atoms. The third kappa shape index (κ3) is 5.62. The van der Waals surface area contributed by atoms with Crippen molar-refractivity contribution in [3.8, 4) is 0 Å². The van der Waals surface area contributed by atoms with Crippen molar-refractivity contribution in [2.75, 3.05) is 11.1 Å². The summed E-state index contributed by atoms with van der Waals surface area (Å²) in [5, 5.41) is 14.8. The van der Waals surface area contributed by atoms with Crippen molar-refractivity contribution in [3.63, 3.8) is 0 Å². The number of anilines is 1. The van der Waals surface area contributed by atoms with Crippen LogP contribution in [-0.4, -0.2) is 32.3 Å². The molecule has 7 nitrogen and oxygen atoms in total. The van der Waals surface area contributed by atoms with Gasteiger partial charge >= 0.3 is 0 Å². The second-order valence-electron chi connectivity index (χ2n) is 6.42. The summed E-state index contributed by atoms with van der Waals surface area (Å²) in [5.74, 6) is 0.333. The first-order valence-electron chi connectivity index (χ1n) is 8.95. The summed E-state index contributed by atoms with van der Waals surface area (Å²) < 4.78 is 2.70. The fourth-order valence-corrected chi connectivity index (χ4v) is 4.04. The van der Waals surface area contributed by atoms with Crippen LogP contribution >= 0.6 is 39.3 Å². The second kappa shape index (κ2) is 10.1. The number of amides is 2. The highest BCUT2D eigenvalue weighted by Crippen LogP contribution is 2.21. The van der Waals surface area contributed by atoms with E-state index in [9.17, 15) is 9.59 Å². The molecule has 0 fully saturated rings. The smallest absolute Gasteiger partial charge is 0.253 e. The molecule has 1 aromatic heterocycles. The van der Waals surface area contributed by atoms with Gasteiger partial charge in [-0.1, -0.05) is 51.4 Å². The topological polar surface area (TPSA) is 88.9 Å². The average molecular weight is 509 g/mol. The lowest BCUT2D eigenvalue weighted by atomic mass is 10.2. The summed E-state index contributed by atoms with van der Waals surface area (Å²) in [6.45, 7) is 2.12. The number of rotatable bonds is 7. The van der Waals surface area contributed by atoms with Gasteiger partial charge in [-0.3, -0.25) is 9.59 Å². The van der Waals surface area contributed by atoms with Crippen LogP contribution in [0.2, 0.25) is 5.02 Å². The highest BCUT2D eigenvalue weighted by molar-refractivity contribution is 9.10. The highest BCUT2D eigenvalue weighted by Gasteiger charge is 2.14. The van der Waals surface area contributed by atoms with Crippen LogP contribution < -0.4 is 10.6 Å². The van der Waals surface area contributed by atoms with E-state index in [0.717, 1.165) is 15.7 Å². The number of aryl methyl sites for hydroxylation is 1. The Morgan fingerprint density at radius 2 is 1.97 bits per heavy atom. The number of benzene rings is 2. The van der Waals surface area contributed by atoms with Crippen LogP contribution in [0.3, 0.4) is 0 Å². The number of nitrogens with one attached hydrogen (secondary N) is 2. The van der Waals surface area contributed by atoms with Gasteiger partial charge < -0.3 is 15.2 Å². The molecule has 2 aromatic carbocycles. The second-order valence-corrected chi connectivity index (χ2v) is 8.68. The molecular formula is C20H19BrClN5O2S. The van der Waals surface area contributed by atoms with Crippen LogP contribution in [-0.2, 0) is 18.4 Å². The standard InChI is InChI=1S/C20H19BrClN5O2S/c1-12-9-13(21)7-8-16(12)24-18(28)11-30-20-26-25-17(27(20)2)10-23-19(29)14-5-3-4-6-15(14)22/h3-9H,10-11H2,1-2H3,(H,23,29)(H,24,28). The maximum Gasteiger partial charge on any atom is 0.253 e. The van der Waals surface area contributed by atoms with Crippen molar-refractivity contribution < 1.29 is 9.59 Å². The molecule has 3 aromatic rings. The van der Waals surface area contributed by atoms with Crippen LogP contribution in [0.25, 0.3) is 0 Å². The van der Waals surface area contributed by atoms with E-state index in [4.69, 9.17) is 11.6 Å². The van der Waals surface area contributed by atoms with E-state index in [0.29, 0.717) is 21.6 Å². The number of carbonyl (C=O) groups excluding carboxylic acids is 2. The summed E-state index contributed by atoms with van der Waals surface area (Å²) in [7, 11) is 1.79. The van der Waals surface area contributed by atoms with E-state index in [2.05, 4.69) is 36.8 Å². The molecule has 0 unspecified atom stereocenters. The lowest BCUT2D eigenvalue weighted by Gasteiger charge is -2.09. The predicted molar refractivity (Wildman–Crippen MR) is 122 cm³/mol. The monoisotopic (exact) mass is 507 g/mol. The molecule has 0 radical (unpaired) electrons. The molecule has 3 rings (SSSR count). The molecule has 0 bridgehead atoms. The Kier molecular flexibility index (Phi) is 7.52. The number of aromatic nitrogens is 3. The molecule has 0 aliphatic rings. The van der Waals surface area contributed by atoms with Crippen molar-refractivity contribution >= 4 is 56.8 Å². The van der Waals surface area contributed by atoms with E-state index in [1.54, 1.807) is 35.9 Å². The quantitative estimate of drug-likeness (QED) is 0.467. The number of hydrogen-bond donors (Lipinski definition) is 2. The minimum Gasteiger partial charge on any atom is -0.345 e. The first-order valence-corrected chi connectivity index (χ1v) is 11.1. The fourth-order valence-electron chi connectivity index (χ4n) is 2.61. The SMILES string of the molecule is Cc1cc(Br)ccc1NC(=O)CSc1nnc(CNC(=O)c2ccccc2Cl)n1C. The van der Waals surface area contributed by atoms with Gasteiger partial charge in [0.15, 0.2) is 11.0 Å². The van der Waals surface area contributed by atoms with Crippen LogP contribution in [0, 0.1) is 6.92 Å². The minimum absolute atomic E-state index is 0.137. The Balaban J connectivity index is 1.54. The zero-order chi connectivity index (χ0) is 21.7. The number of halogens is 2. The van der Waals surface area contributed by atoms with E-state index in [1.807, 2.05) is 25.1 Å². The third-order valence-corrected chi connectivity index (χ3v) is 6.09. The van der Waals surface area contributed by atoms with Crippen LogP contribution in [0.1, 0.15) is 21.7 Å².